The molecule has 6 heteroatoms. The Labute approximate surface area is 76.6 Å². The van der Waals surface area contributed by atoms with Crippen molar-refractivity contribution in [2.45, 2.75) is 0 Å². The van der Waals surface area contributed by atoms with Gasteiger partial charge >= 0.3 is 5.91 Å². The first-order chi connectivity index (χ1) is 5.04. The lowest BCUT2D eigenvalue weighted by molar-refractivity contribution is -0.133. The lowest BCUT2D eigenvalue weighted by atomic mass is 10.3. The van der Waals surface area contributed by atoms with Crippen LogP contribution in [0.25, 0.3) is 0 Å². The van der Waals surface area contributed by atoms with Crippen LogP contribution in [0.4, 0.5) is 0 Å². The van der Waals surface area contributed by atoms with Crippen LogP contribution in [0.2, 0.25) is 0 Å². The largest absolute Gasteiger partial charge is 0.320 e. The van der Waals surface area contributed by atoms with Gasteiger partial charge in [-0.1, -0.05) is 34.8 Å². The molecule has 0 bridgehead atoms. The molecule has 0 atom stereocenters. The minimum atomic E-state index is -0.996. The summed E-state index contributed by atoms with van der Waals surface area (Å²) in [6, 6.07) is 0. The summed E-state index contributed by atoms with van der Waals surface area (Å²) in [5.41, 5.74) is 0. The number of carbonyl (C=O) groups is 2. The smallest absolute Gasteiger partial charge is 0.282 e. The molecule has 1 aliphatic rings. The van der Waals surface area contributed by atoms with Crippen LogP contribution in [0.1, 0.15) is 0 Å². The highest BCUT2D eigenvalue weighted by Gasteiger charge is 2.27. The number of hydrogen-bond donors (Lipinski definition) is 0. The number of rotatable bonds is 0. The highest BCUT2D eigenvalue weighted by atomic mass is 35.5. The molecule has 0 radical (unpaired) electrons. The minimum absolute atomic E-state index is 0.182. The third-order valence-electron chi connectivity index (χ3n) is 0.967. The first kappa shape index (κ1) is 8.71. The molecular formula is C5Cl3NO2. The highest BCUT2D eigenvalue weighted by Crippen LogP contribution is 2.22. The normalized spacial score (nSPS) is 19.0. The zero-order chi connectivity index (χ0) is 8.59. The van der Waals surface area contributed by atoms with Gasteiger partial charge in [0, 0.05) is 0 Å². The Morgan fingerprint density at radius 3 is 2.09 bits per heavy atom. The van der Waals surface area contributed by atoms with E-state index in [4.69, 9.17) is 34.8 Å². The van der Waals surface area contributed by atoms with Crippen molar-refractivity contribution >= 4 is 51.7 Å². The van der Waals surface area contributed by atoms with Gasteiger partial charge in [0.1, 0.15) is 10.1 Å². The number of Topliss-reactive ketones (excluding diaryl/α,β-unsaturated/α-hetero) is 1. The quantitative estimate of drug-likeness (QED) is 0.570. The summed E-state index contributed by atoms with van der Waals surface area (Å²) < 4.78 is 0. The molecule has 0 saturated carbocycles. The standard InChI is InChI=1S/C5Cl3NO2/c6-1-2(7)4(8)9-5(11)3(1)10. The molecule has 1 amide bonds. The van der Waals surface area contributed by atoms with Crippen molar-refractivity contribution in [3.05, 3.63) is 10.1 Å². The Bertz CT molecular complexity index is 305. The predicted molar refractivity (Wildman–Crippen MR) is 42.0 cm³/mol. The number of nitrogens with zero attached hydrogens (tertiary/aromatic N) is 1. The average Bonchev–Trinajstić information content (AvgIpc) is 1.97. The maximum atomic E-state index is 10.7. The van der Waals surface area contributed by atoms with Gasteiger partial charge in [-0.05, 0) is 0 Å². The summed E-state index contributed by atoms with van der Waals surface area (Å²) in [5.74, 6) is -1.93. The molecule has 0 saturated heterocycles. The number of hydrogen-bond acceptors (Lipinski definition) is 2. The second-order valence-electron chi connectivity index (χ2n) is 1.66. The molecule has 0 unspecified atom stereocenters. The zero-order valence-corrected chi connectivity index (χ0v) is 7.17. The van der Waals surface area contributed by atoms with Crippen LogP contribution in [-0.4, -0.2) is 16.9 Å². The maximum Gasteiger partial charge on any atom is 0.320 e. The topological polar surface area (TPSA) is 46.5 Å². The van der Waals surface area contributed by atoms with Crippen molar-refractivity contribution < 1.29 is 9.59 Å². The van der Waals surface area contributed by atoms with E-state index in [1.165, 1.54) is 0 Å². The van der Waals surface area contributed by atoms with Gasteiger partial charge in [-0.15, -0.1) is 0 Å². The number of carbonyl (C=O) groups excluding carboxylic acids is 2. The third kappa shape index (κ3) is 1.45. The molecule has 0 fully saturated rings. The Morgan fingerprint density at radius 1 is 1.00 bits per heavy atom. The van der Waals surface area contributed by atoms with Crippen LogP contribution in [0.15, 0.2) is 15.1 Å². The van der Waals surface area contributed by atoms with Gasteiger partial charge in [0.15, 0.2) is 5.17 Å². The van der Waals surface area contributed by atoms with Gasteiger partial charge in [-0.25, -0.2) is 0 Å². The third-order valence-corrected chi connectivity index (χ3v) is 2.16. The van der Waals surface area contributed by atoms with E-state index in [2.05, 4.69) is 4.99 Å². The van der Waals surface area contributed by atoms with Crippen molar-refractivity contribution in [3.63, 3.8) is 0 Å². The van der Waals surface area contributed by atoms with Crippen molar-refractivity contribution in [2.75, 3.05) is 0 Å². The summed E-state index contributed by atoms with van der Waals surface area (Å²) in [6.07, 6.45) is 0. The fourth-order valence-electron chi connectivity index (χ4n) is 0.473. The fraction of sp³-hybridized carbons (Fsp3) is 0. The van der Waals surface area contributed by atoms with Crippen molar-refractivity contribution in [3.8, 4) is 0 Å². The number of allylic oxidation sites excluding steroid dienone is 1. The molecule has 0 aromatic rings. The van der Waals surface area contributed by atoms with E-state index in [0.717, 1.165) is 0 Å². The monoisotopic (exact) mass is 211 g/mol. The molecule has 3 nitrogen and oxygen atoms in total. The number of aliphatic imine (C=N–C) groups is 1. The van der Waals surface area contributed by atoms with Crippen molar-refractivity contribution in [1.82, 2.24) is 0 Å². The van der Waals surface area contributed by atoms with Crippen molar-refractivity contribution in [2.24, 2.45) is 4.99 Å². The molecule has 0 aliphatic carbocycles. The second-order valence-corrected chi connectivity index (χ2v) is 2.78. The van der Waals surface area contributed by atoms with E-state index >= 15 is 0 Å². The van der Waals surface area contributed by atoms with Gasteiger partial charge in [0.2, 0.25) is 0 Å². The van der Waals surface area contributed by atoms with Crippen LogP contribution in [-0.2, 0) is 9.59 Å². The molecule has 58 valence electrons. The first-order valence-electron chi connectivity index (χ1n) is 2.42. The van der Waals surface area contributed by atoms with E-state index in [-0.39, 0.29) is 15.2 Å². The fourth-order valence-corrected chi connectivity index (χ4v) is 0.991. The highest BCUT2D eigenvalue weighted by molar-refractivity contribution is 6.81. The Hall–Kier alpha value is -0.380. The van der Waals surface area contributed by atoms with Crippen LogP contribution in [0, 0.1) is 0 Å². The molecule has 0 aromatic carbocycles. The van der Waals surface area contributed by atoms with E-state index in [9.17, 15) is 9.59 Å². The molecule has 1 aliphatic heterocycles. The lowest BCUT2D eigenvalue weighted by Gasteiger charge is -2.03. The van der Waals surface area contributed by atoms with Crippen LogP contribution in [0.5, 0.6) is 0 Å². The summed E-state index contributed by atoms with van der Waals surface area (Å²) in [5, 5.41) is -0.809. The van der Waals surface area contributed by atoms with Crippen LogP contribution < -0.4 is 0 Å². The lowest BCUT2D eigenvalue weighted by Crippen LogP contribution is -2.18. The van der Waals surface area contributed by atoms with Gasteiger partial charge < -0.3 is 0 Å². The van der Waals surface area contributed by atoms with Crippen LogP contribution >= 0.6 is 34.8 Å². The number of dihydropyridines is 1. The summed E-state index contributed by atoms with van der Waals surface area (Å²) in [7, 11) is 0. The van der Waals surface area contributed by atoms with E-state index in [1.807, 2.05) is 0 Å². The maximum absolute atomic E-state index is 10.7. The molecule has 0 spiro atoms. The minimum Gasteiger partial charge on any atom is -0.282 e. The molecule has 1 rings (SSSR count). The first-order valence-corrected chi connectivity index (χ1v) is 3.56. The molecule has 0 aromatic heterocycles. The van der Waals surface area contributed by atoms with Crippen molar-refractivity contribution in [1.29, 1.82) is 0 Å². The average molecular weight is 212 g/mol. The van der Waals surface area contributed by atoms with Gasteiger partial charge in [0.05, 0.1) is 0 Å². The van der Waals surface area contributed by atoms with Gasteiger partial charge in [-0.2, -0.15) is 4.99 Å². The zero-order valence-electron chi connectivity index (χ0n) is 4.90. The Morgan fingerprint density at radius 2 is 1.55 bits per heavy atom. The van der Waals surface area contributed by atoms with E-state index in [0.29, 0.717) is 0 Å². The van der Waals surface area contributed by atoms with E-state index < -0.39 is 11.7 Å². The Kier molecular flexibility index (Phi) is 2.32. The summed E-state index contributed by atoms with van der Waals surface area (Å²) >= 11 is 16.0. The Balaban J connectivity index is 3.22. The summed E-state index contributed by atoms with van der Waals surface area (Å²) in [6.45, 7) is 0. The molecule has 11 heavy (non-hydrogen) atoms. The second kappa shape index (κ2) is 2.93. The van der Waals surface area contributed by atoms with Crippen LogP contribution in [0.3, 0.4) is 0 Å². The van der Waals surface area contributed by atoms with Gasteiger partial charge in [0.25, 0.3) is 5.78 Å². The predicted octanol–water partition coefficient (Wildman–Crippen LogP) is 1.42. The summed E-state index contributed by atoms with van der Waals surface area (Å²) in [4.78, 5) is 24.4. The van der Waals surface area contributed by atoms with E-state index in [1.54, 1.807) is 0 Å². The number of ketones is 1. The number of halogens is 3. The molecule has 1 heterocycles. The molecular weight excluding hydrogens is 212 g/mol. The molecule has 0 N–H and O–H groups in total. The SMILES string of the molecule is O=C1N=C(Cl)C(Cl)=C(Cl)C1=O. The number of amides is 1. The van der Waals surface area contributed by atoms with Gasteiger partial charge in [-0.3, -0.25) is 9.59 Å².